The topological polar surface area (TPSA) is 43.6 Å². The number of hydrogen-bond donors (Lipinski definition) is 0. The lowest BCUT2D eigenvalue weighted by atomic mass is 10.0. The lowest BCUT2D eigenvalue weighted by molar-refractivity contribution is 0.947. The maximum absolute atomic E-state index is 6.51. The highest BCUT2D eigenvalue weighted by Crippen LogP contribution is 2.35. The summed E-state index contributed by atoms with van der Waals surface area (Å²) in [5, 5.41) is 2.41. The van der Waals surface area contributed by atoms with Gasteiger partial charge in [0.2, 0.25) is 11.2 Å². The summed E-state index contributed by atoms with van der Waals surface area (Å²) in [7, 11) is 0. The molecule has 0 aliphatic carbocycles. The molecular formula is C33H21ClN4. The predicted octanol–water partition coefficient (Wildman–Crippen LogP) is 8.62. The molecule has 0 saturated heterocycles. The van der Waals surface area contributed by atoms with Crippen LogP contribution < -0.4 is 0 Å². The highest BCUT2D eigenvalue weighted by Gasteiger charge is 2.17. The molecule has 7 rings (SSSR count). The summed E-state index contributed by atoms with van der Waals surface area (Å²) in [5.41, 5.74) is 7.46. The molecule has 0 atom stereocenters. The van der Waals surface area contributed by atoms with Crippen molar-refractivity contribution in [1.82, 2.24) is 19.5 Å². The van der Waals surface area contributed by atoms with Crippen molar-refractivity contribution in [1.29, 1.82) is 0 Å². The molecule has 2 heterocycles. The third-order valence-corrected chi connectivity index (χ3v) is 6.97. The Morgan fingerprint density at radius 1 is 0.447 bits per heavy atom. The van der Waals surface area contributed by atoms with E-state index in [1.54, 1.807) is 0 Å². The molecule has 0 fully saturated rings. The Bertz CT molecular complexity index is 1930. The van der Waals surface area contributed by atoms with Crippen LogP contribution in [-0.2, 0) is 0 Å². The fraction of sp³-hybridized carbons (Fsp3) is 0. The lowest BCUT2D eigenvalue weighted by Crippen LogP contribution is -2.04. The van der Waals surface area contributed by atoms with Gasteiger partial charge in [-0.2, -0.15) is 15.0 Å². The molecule has 0 bridgehead atoms. The van der Waals surface area contributed by atoms with Gasteiger partial charge < -0.3 is 0 Å². The first kappa shape index (κ1) is 22.4. The Balaban J connectivity index is 1.41. The zero-order chi connectivity index (χ0) is 25.5. The number of fused-ring (bicyclic) bond motifs is 3. The van der Waals surface area contributed by atoms with Gasteiger partial charge in [0.05, 0.1) is 11.0 Å². The van der Waals surface area contributed by atoms with Crippen LogP contribution >= 0.6 is 11.6 Å². The van der Waals surface area contributed by atoms with Crippen LogP contribution in [0, 0.1) is 0 Å². The van der Waals surface area contributed by atoms with Crippen molar-refractivity contribution in [3.63, 3.8) is 0 Å². The zero-order valence-electron chi connectivity index (χ0n) is 20.3. The highest BCUT2D eigenvalue weighted by molar-refractivity contribution is 6.28. The van der Waals surface area contributed by atoms with Crippen LogP contribution in [0.15, 0.2) is 127 Å². The van der Waals surface area contributed by atoms with E-state index < -0.39 is 0 Å². The fourth-order valence-corrected chi connectivity index (χ4v) is 5.19. The molecule has 0 saturated carbocycles. The van der Waals surface area contributed by atoms with E-state index in [1.165, 1.54) is 5.56 Å². The molecule has 0 N–H and O–H groups in total. The first-order valence-electron chi connectivity index (χ1n) is 12.4. The zero-order valence-corrected chi connectivity index (χ0v) is 21.0. The Hall–Kier alpha value is -4.80. The van der Waals surface area contributed by atoms with Crippen LogP contribution in [0.25, 0.3) is 61.4 Å². The number of para-hydroxylation sites is 1. The minimum atomic E-state index is 0.155. The molecule has 2 aromatic heterocycles. The Morgan fingerprint density at radius 2 is 1.05 bits per heavy atom. The normalized spacial score (nSPS) is 11.3. The van der Waals surface area contributed by atoms with Gasteiger partial charge in [0.15, 0.2) is 5.82 Å². The fourth-order valence-electron chi connectivity index (χ4n) is 5.04. The number of hydrogen-bond acceptors (Lipinski definition) is 3. The summed E-state index contributed by atoms with van der Waals surface area (Å²) in [6.45, 7) is 0. The van der Waals surface area contributed by atoms with E-state index in [0.29, 0.717) is 11.8 Å². The van der Waals surface area contributed by atoms with E-state index in [4.69, 9.17) is 16.6 Å². The van der Waals surface area contributed by atoms with Gasteiger partial charge in [0.1, 0.15) is 0 Å². The minimum absolute atomic E-state index is 0.155. The number of nitrogens with zero attached hydrogens (tertiary/aromatic N) is 4. The van der Waals surface area contributed by atoms with Crippen molar-refractivity contribution >= 4 is 33.4 Å². The van der Waals surface area contributed by atoms with E-state index in [0.717, 1.165) is 44.1 Å². The van der Waals surface area contributed by atoms with E-state index in [-0.39, 0.29) is 5.28 Å². The minimum Gasteiger partial charge on any atom is -0.278 e. The molecule has 7 aromatic rings. The number of halogens is 1. The first-order chi connectivity index (χ1) is 18.7. The van der Waals surface area contributed by atoms with Crippen LogP contribution in [0.5, 0.6) is 0 Å². The Labute approximate surface area is 224 Å². The second-order valence-electron chi connectivity index (χ2n) is 9.13. The van der Waals surface area contributed by atoms with Crippen LogP contribution in [-0.4, -0.2) is 19.5 Å². The van der Waals surface area contributed by atoms with Gasteiger partial charge in [-0.05, 0) is 58.1 Å². The Morgan fingerprint density at radius 3 is 1.82 bits per heavy atom. The number of aromatic nitrogens is 4. The molecule has 0 radical (unpaired) electrons. The van der Waals surface area contributed by atoms with Gasteiger partial charge in [-0.1, -0.05) is 103 Å². The number of benzene rings is 5. The summed E-state index contributed by atoms with van der Waals surface area (Å²) in [4.78, 5) is 14.0. The van der Waals surface area contributed by atoms with Crippen molar-refractivity contribution in [3.05, 3.63) is 133 Å². The maximum Gasteiger partial charge on any atom is 0.239 e. The average Bonchev–Trinajstić information content (AvgIpc) is 3.32. The monoisotopic (exact) mass is 508 g/mol. The van der Waals surface area contributed by atoms with Gasteiger partial charge in [-0.15, -0.1) is 0 Å². The largest absolute Gasteiger partial charge is 0.278 e. The van der Waals surface area contributed by atoms with Crippen molar-refractivity contribution in [2.75, 3.05) is 0 Å². The molecule has 5 heteroatoms. The van der Waals surface area contributed by atoms with Gasteiger partial charge in [-0.3, -0.25) is 4.57 Å². The summed E-state index contributed by atoms with van der Waals surface area (Å²) in [5.74, 6) is 1.02. The summed E-state index contributed by atoms with van der Waals surface area (Å²) in [6.07, 6.45) is 0. The molecular weight excluding hydrogens is 488 g/mol. The van der Waals surface area contributed by atoms with Crippen LogP contribution in [0.4, 0.5) is 0 Å². The smallest absolute Gasteiger partial charge is 0.239 e. The molecule has 0 aliphatic heterocycles. The summed E-state index contributed by atoms with van der Waals surface area (Å²) < 4.78 is 2.07. The standard InChI is InChI=1S/C33H21ClN4/c34-32-35-31(26-15-9-14-24(20-26)22-10-3-1-4-11-22)36-33(37-32)38-29-17-8-7-16-27(29)28-21-25(18-19-30(28)38)23-12-5-2-6-13-23/h1-21H. The van der Waals surface area contributed by atoms with Gasteiger partial charge >= 0.3 is 0 Å². The van der Waals surface area contributed by atoms with Crippen molar-refractivity contribution in [3.8, 4) is 39.6 Å². The SMILES string of the molecule is Clc1nc(-c2cccc(-c3ccccc3)c2)nc(-n2c3ccccc3c3cc(-c4ccccc4)ccc32)n1. The van der Waals surface area contributed by atoms with E-state index >= 15 is 0 Å². The number of rotatable bonds is 4. The first-order valence-corrected chi connectivity index (χ1v) is 12.8. The molecule has 0 unspecified atom stereocenters. The quantitative estimate of drug-likeness (QED) is 0.239. The van der Waals surface area contributed by atoms with Crippen LogP contribution in [0.2, 0.25) is 5.28 Å². The lowest BCUT2D eigenvalue weighted by Gasteiger charge is -2.10. The third kappa shape index (κ3) is 3.92. The third-order valence-electron chi connectivity index (χ3n) is 6.80. The van der Waals surface area contributed by atoms with Gasteiger partial charge in [0, 0.05) is 16.3 Å². The average molecular weight is 509 g/mol. The Kier molecular flexibility index (Phi) is 5.46. The maximum atomic E-state index is 6.51. The van der Waals surface area contributed by atoms with E-state index in [2.05, 4.69) is 99.5 Å². The molecule has 4 nitrogen and oxygen atoms in total. The van der Waals surface area contributed by atoms with Crippen LogP contribution in [0.1, 0.15) is 0 Å². The van der Waals surface area contributed by atoms with Crippen molar-refractivity contribution in [2.45, 2.75) is 0 Å². The van der Waals surface area contributed by atoms with Crippen LogP contribution in [0.3, 0.4) is 0 Å². The second-order valence-corrected chi connectivity index (χ2v) is 9.46. The van der Waals surface area contributed by atoms with E-state index in [1.807, 2.05) is 42.5 Å². The van der Waals surface area contributed by atoms with Crippen molar-refractivity contribution < 1.29 is 0 Å². The molecule has 0 amide bonds. The van der Waals surface area contributed by atoms with Gasteiger partial charge in [0.25, 0.3) is 0 Å². The van der Waals surface area contributed by atoms with Crippen molar-refractivity contribution in [2.24, 2.45) is 0 Å². The summed E-state index contributed by atoms with van der Waals surface area (Å²) in [6, 6.07) is 43.7. The molecule has 38 heavy (non-hydrogen) atoms. The molecule has 0 aliphatic rings. The van der Waals surface area contributed by atoms with E-state index in [9.17, 15) is 0 Å². The molecule has 5 aromatic carbocycles. The predicted molar refractivity (Wildman–Crippen MR) is 155 cm³/mol. The molecule has 0 spiro atoms. The highest BCUT2D eigenvalue weighted by atomic mass is 35.5. The second kappa shape index (κ2) is 9.25. The molecule has 180 valence electrons. The summed E-state index contributed by atoms with van der Waals surface area (Å²) >= 11 is 6.51. The van der Waals surface area contributed by atoms with Gasteiger partial charge in [-0.25, -0.2) is 0 Å².